The Morgan fingerprint density at radius 1 is 1.18 bits per heavy atom. The molecule has 0 spiro atoms. The molecule has 0 amide bonds. The van der Waals surface area contributed by atoms with E-state index in [0.717, 1.165) is 43.9 Å². The highest BCUT2D eigenvalue weighted by Crippen LogP contribution is 2.32. The average molecular weight is 220 g/mol. The summed E-state index contributed by atoms with van der Waals surface area (Å²) in [7, 11) is 0. The van der Waals surface area contributed by atoms with E-state index in [1.807, 2.05) is 0 Å². The van der Waals surface area contributed by atoms with Gasteiger partial charge in [-0.1, -0.05) is 35.2 Å². The van der Waals surface area contributed by atoms with Gasteiger partial charge in [-0.15, -0.1) is 0 Å². The van der Waals surface area contributed by atoms with Gasteiger partial charge in [0.2, 0.25) is 0 Å². The molecule has 0 unspecified atom stereocenters. The molecule has 0 bridgehead atoms. The maximum atomic E-state index is 11.9. The van der Waals surface area contributed by atoms with Gasteiger partial charge in [-0.2, -0.15) is 0 Å². The largest absolute Gasteiger partial charge is 0.229 e. The molecule has 0 N–H and O–H groups in total. The molecule has 11 heavy (non-hydrogen) atoms. The Hall–Kier alpha value is 0.440. The van der Waals surface area contributed by atoms with Gasteiger partial charge in [0, 0.05) is 5.33 Å². The van der Waals surface area contributed by atoms with Crippen LogP contribution in [0.3, 0.4) is 0 Å². The lowest BCUT2D eigenvalue weighted by Gasteiger charge is -2.29. The monoisotopic (exact) mass is 219 g/mol. The van der Waals surface area contributed by atoms with Crippen LogP contribution in [0.4, 0.5) is 0 Å². The van der Waals surface area contributed by atoms with Crippen LogP contribution in [0.1, 0.15) is 44.9 Å². The molecular formula is C9H16BrO. The second kappa shape index (κ2) is 4.46. The Kier molecular flexibility index (Phi) is 3.86. The summed E-state index contributed by atoms with van der Waals surface area (Å²) < 4.78 is 0. The van der Waals surface area contributed by atoms with Crippen LogP contribution < -0.4 is 0 Å². The van der Waals surface area contributed by atoms with Crippen LogP contribution in [-0.4, -0.2) is 10.9 Å². The fraction of sp³-hybridized carbons (Fsp3) is 1.00. The second-order valence-corrected chi connectivity index (χ2v) is 4.33. The van der Waals surface area contributed by atoms with Crippen molar-refractivity contribution in [3.8, 4) is 0 Å². The Balaban J connectivity index is 2.25. The fourth-order valence-corrected chi connectivity index (χ4v) is 2.12. The smallest absolute Gasteiger partial charge is 0.104 e. The van der Waals surface area contributed by atoms with Gasteiger partial charge in [0.15, 0.2) is 0 Å². The van der Waals surface area contributed by atoms with Crippen molar-refractivity contribution in [1.29, 1.82) is 0 Å². The first-order valence-electron chi connectivity index (χ1n) is 4.53. The summed E-state index contributed by atoms with van der Waals surface area (Å²) in [5, 5.41) is 12.8. The fourth-order valence-electron chi connectivity index (χ4n) is 1.84. The third-order valence-corrected chi connectivity index (χ3v) is 3.09. The quantitative estimate of drug-likeness (QED) is 0.650. The molecule has 1 radical (unpaired) electrons. The molecule has 1 rings (SSSR count). The van der Waals surface area contributed by atoms with Crippen LogP contribution >= 0.6 is 15.9 Å². The third-order valence-electron chi connectivity index (χ3n) is 2.53. The minimum Gasteiger partial charge on any atom is -0.229 e. The summed E-state index contributed by atoms with van der Waals surface area (Å²) in [5.74, 6) is 0. The number of hydrogen-bond acceptors (Lipinski definition) is 0. The lowest BCUT2D eigenvalue weighted by atomic mass is 9.82. The van der Waals surface area contributed by atoms with E-state index in [0.29, 0.717) is 0 Å². The molecule has 0 heterocycles. The van der Waals surface area contributed by atoms with Gasteiger partial charge in [0.05, 0.1) is 0 Å². The van der Waals surface area contributed by atoms with Crippen molar-refractivity contribution in [2.75, 3.05) is 5.33 Å². The van der Waals surface area contributed by atoms with Crippen molar-refractivity contribution >= 4 is 15.9 Å². The molecule has 0 aliphatic heterocycles. The van der Waals surface area contributed by atoms with Crippen molar-refractivity contribution in [1.82, 2.24) is 0 Å². The average Bonchev–Trinajstić information content (AvgIpc) is 2.03. The van der Waals surface area contributed by atoms with Gasteiger partial charge in [-0.05, 0) is 25.7 Å². The first-order chi connectivity index (χ1) is 5.27. The third kappa shape index (κ3) is 3.12. The highest BCUT2D eigenvalue weighted by atomic mass is 79.9. The van der Waals surface area contributed by atoms with Crippen LogP contribution in [0, 0.1) is 0 Å². The van der Waals surface area contributed by atoms with E-state index in [1.54, 1.807) is 0 Å². The minimum atomic E-state index is -0.550. The van der Waals surface area contributed by atoms with Crippen molar-refractivity contribution in [3.05, 3.63) is 0 Å². The van der Waals surface area contributed by atoms with Crippen molar-refractivity contribution in [3.63, 3.8) is 0 Å². The zero-order chi connectivity index (χ0) is 8.16. The number of hydrogen-bond donors (Lipinski definition) is 0. The Morgan fingerprint density at radius 3 is 2.36 bits per heavy atom. The van der Waals surface area contributed by atoms with E-state index < -0.39 is 5.60 Å². The van der Waals surface area contributed by atoms with Gasteiger partial charge >= 0.3 is 0 Å². The minimum absolute atomic E-state index is 0.550. The highest BCUT2D eigenvalue weighted by molar-refractivity contribution is 9.09. The van der Waals surface area contributed by atoms with Gasteiger partial charge < -0.3 is 0 Å². The normalized spacial score (nSPS) is 23.5. The SMILES string of the molecule is [O]C1(CCCBr)CCCCC1. The van der Waals surface area contributed by atoms with E-state index in [4.69, 9.17) is 0 Å². The highest BCUT2D eigenvalue weighted by Gasteiger charge is 2.30. The molecule has 0 aromatic rings. The van der Waals surface area contributed by atoms with Crippen molar-refractivity contribution in [2.24, 2.45) is 0 Å². The lowest BCUT2D eigenvalue weighted by molar-refractivity contribution is -0.0647. The van der Waals surface area contributed by atoms with Crippen molar-refractivity contribution in [2.45, 2.75) is 50.5 Å². The van der Waals surface area contributed by atoms with Gasteiger partial charge in [0.25, 0.3) is 0 Å². The summed E-state index contributed by atoms with van der Waals surface area (Å²) in [6.07, 6.45) is 7.34. The van der Waals surface area contributed by atoms with Crippen LogP contribution in [0.15, 0.2) is 0 Å². The lowest BCUT2D eigenvalue weighted by Crippen LogP contribution is -2.29. The molecular weight excluding hydrogens is 204 g/mol. The van der Waals surface area contributed by atoms with Gasteiger partial charge in [0.1, 0.15) is 5.60 Å². The number of rotatable bonds is 3. The predicted molar refractivity (Wildman–Crippen MR) is 49.5 cm³/mol. The van der Waals surface area contributed by atoms with E-state index in [1.165, 1.54) is 6.42 Å². The van der Waals surface area contributed by atoms with Gasteiger partial charge in [-0.25, -0.2) is 5.11 Å². The zero-order valence-corrected chi connectivity index (χ0v) is 8.53. The second-order valence-electron chi connectivity index (χ2n) is 3.54. The molecule has 1 aliphatic rings. The molecule has 1 fully saturated rings. The van der Waals surface area contributed by atoms with Crippen molar-refractivity contribution < 1.29 is 5.11 Å². The summed E-state index contributed by atoms with van der Waals surface area (Å²) in [6.45, 7) is 0. The topological polar surface area (TPSA) is 19.9 Å². The molecule has 1 saturated carbocycles. The molecule has 1 aliphatic carbocycles. The summed E-state index contributed by atoms with van der Waals surface area (Å²) >= 11 is 3.36. The first-order valence-corrected chi connectivity index (χ1v) is 5.65. The maximum absolute atomic E-state index is 11.9. The Bertz CT molecular complexity index is 108. The summed E-state index contributed by atoms with van der Waals surface area (Å²) in [6, 6.07) is 0. The van der Waals surface area contributed by atoms with E-state index in [9.17, 15) is 5.11 Å². The summed E-state index contributed by atoms with van der Waals surface area (Å²) in [4.78, 5) is 0. The number of halogens is 1. The molecule has 0 atom stereocenters. The van der Waals surface area contributed by atoms with E-state index in [-0.39, 0.29) is 0 Å². The molecule has 1 nitrogen and oxygen atoms in total. The molecule has 65 valence electrons. The van der Waals surface area contributed by atoms with E-state index >= 15 is 0 Å². The Morgan fingerprint density at radius 2 is 1.82 bits per heavy atom. The number of alkyl halides is 1. The van der Waals surface area contributed by atoms with Crippen LogP contribution in [0.2, 0.25) is 0 Å². The Labute approximate surface area is 77.3 Å². The van der Waals surface area contributed by atoms with Crippen LogP contribution in [0.5, 0.6) is 0 Å². The summed E-state index contributed by atoms with van der Waals surface area (Å²) in [5.41, 5.74) is -0.550. The van der Waals surface area contributed by atoms with Gasteiger partial charge in [-0.3, -0.25) is 0 Å². The molecule has 0 aromatic heterocycles. The first kappa shape index (κ1) is 9.53. The van der Waals surface area contributed by atoms with Crippen LogP contribution in [-0.2, 0) is 5.11 Å². The molecule has 0 saturated heterocycles. The van der Waals surface area contributed by atoms with Crippen LogP contribution in [0.25, 0.3) is 0 Å². The maximum Gasteiger partial charge on any atom is 0.104 e. The standard InChI is InChI=1S/C9H16BrO/c10-8-4-7-9(11)5-2-1-3-6-9/h1-8H2. The zero-order valence-electron chi connectivity index (χ0n) is 6.94. The molecule has 0 aromatic carbocycles. The predicted octanol–water partition coefficient (Wildman–Crippen LogP) is 3.29. The molecule has 2 heteroatoms. The van der Waals surface area contributed by atoms with E-state index in [2.05, 4.69) is 15.9 Å².